The fourth-order valence-electron chi connectivity index (χ4n) is 3.19. The number of ketones is 2. The minimum atomic E-state index is -0.485. The Kier molecular flexibility index (Phi) is 13.4. The van der Waals surface area contributed by atoms with Gasteiger partial charge in [0, 0.05) is 25.2 Å². The van der Waals surface area contributed by atoms with E-state index in [2.05, 4.69) is 11.7 Å². The minimum absolute atomic E-state index is 0.0590. The Hall–Kier alpha value is -2.27. The quantitative estimate of drug-likeness (QED) is 0.239. The van der Waals surface area contributed by atoms with Crippen molar-refractivity contribution in [3.63, 3.8) is 0 Å². The van der Waals surface area contributed by atoms with E-state index in [9.17, 15) is 19.5 Å². The number of rotatable bonds is 15. The SMILES string of the molecule is CCCCC=CC(O)C/C=C/[C@H]1C=CC(=O)[C@@H]1C/C=C\CCCC(=O)COC(C)=O. The Morgan fingerprint density at radius 2 is 1.93 bits per heavy atom. The second-order valence-electron chi connectivity index (χ2n) is 7.67. The Labute approximate surface area is 180 Å². The lowest BCUT2D eigenvalue weighted by atomic mass is 9.90. The minimum Gasteiger partial charge on any atom is -0.458 e. The van der Waals surface area contributed by atoms with Crippen LogP contribution in [0.4, 0.5) is 0 Å². The number of aliphatic hydroxyl groups excluding tert-OH is 1. The fraction of sp³-hybridized carbons (Fsp3) is 0.560. The number of Topliss-reactive ketones (excluding diaryl/α,β-unsaturated/α-hetero) is 1. The van der Waals surface area contributed by atoms with E-state index in [-0.39, 0.29) is 30.0 Å². The first kappa shape index (κ1) is 25.8. The Morgan fingerprint density at radius 1 is 1.17 bits per heavy atom. The van der Waals surface area contributed by atoms with E-state index in [1.54, 1.807) is 6.08 Å². The molecular formula is C25H36O5. The predicted octanol–water partition coefficient (Wildman–Crippen LogP) is 4.66. The number of carbonyl (C=O) groups excluding carboxylic acids is 3. The van der Waals surface area contributed by atoms with Crippen LogP contribution < -0.4 is 0 Å². The van der Waals surface area contributed by atoms with Gasteiger partial charge in [-0.1, -0.05) is 62.3 Å². The zero-order valence-corrected chi connectivity index (χ0v) is 18.3. The molecule has 0 radical (unpaired) electrons. The molecular weight excluding hydrogens is 380 g/mol. The van der Waals surface area contributed by atoms with Crippen molar-refractivity contribution >= 4 is 17.5 Å². The molecule has 0 bridgehead atoms. The van der Waals surface area contributed by atoms with Crippen molar-refractivity contribution in [2.24, 2.45) is 11.8 Å². The van der Waals surface area contributed by atoms with Crippen LogP contribution in [-0.4, -0.2) is 35.4 Å². The Balaban J connectivity index is 2.31. The van der Waals surface area contributed by atoms with Crippen molar-refractivity contribution in [1.29, 1.82) is 0 Å². The molecule has 1 aliphatic carbocycles. The van der Waals surface area contributed by atoms with Gasteiger partial charge in [0.15, 0.2) is 11.6 Å². The Morgan fingerprint density at radius 3 is 2.67 bits per heavy atom. The topological polar surface area (TPSA) is 80.7 Å². The molecule has 3 atom stereocenters. The maximum atomic E-state index is 12.1. The van der Waals surface area contributed by atoms with Gasteiger partial charge in [-0.3, -0.25) is 14.4 Å². The Bertz CT molecular complexity index is 656. The van der Waals surface area contributed by atoms with E-state index >= 15 is 0 Å². The third-order valence-electron chi connectivity index (χ3n) is 4.95. The molecule has 0 spiro atoms. The average Bonchev–Trinajstić information content (AvgIpc) is 3.06. The molecule has 0 saturated heterocycles. The van der Waals surface area contributed by atoms with Crippen LogP contribution in [0.1, 0.15) is 65.2 Å². The highest BCUT2D eigenvalue weighted by Gasteiger charge is 2.26. The van der Waals surface area contributed by atoms with E-state index in [0.717, 1.165) is 25.7 Å². The number of aliphatic hydroxyl groups is 1. The van der Waals surface area contributed by atoms with Gasteiger partial charge in [0.05, 0.1) is 6.10 Å². The molecule has 166 valence electrons. The number of unbranched alkanes of at least 4 members (excludes halogenated alkanes) is 3. The van der Waals surface area contributed by atoms with Crippen LogP contribution in [0.5, 0.6) is 0 Å². The zero-order chi connectivity index (χ0) is 22.2. The molecule has 30 heavy (non-hydrogen) atoms. The summed E-state index contributed by atoms with van der Waals surface area (Å²) in [6, 6.07) is 0. The molecule has 0 saturated carbocycles. The van der Waals surface area contributed by atoms with E-state index in [1.807, 2.05) is 42.5 Å². The lowest BCUT2D eigenvalue weighted by Crippen LogP contribution is -2.13. The summed E-state index contributed by atoms with van der Waals surface area (Å²) in [7, 11) is 0. The van der Waals surface area contributed by atoms with Gasteiger partial charge in [-0.15, -0.1) is 0 Å². The summed E-state index contributed by atoms with van der Waals surface area (Å²) >= 11 is 0. The van der Waals surface area contributed by atoms with Gasteiger partial charge in [0.1, 0.15) is 6.61 Å². The van der Waals surface area contributed by atoms with E-state index in [4.69, 9.17) is 0 Å². The summed E-state index contributed by atoms with van der Waals surface area (Å²) in [6.07, 6.45) is 21.2. The number of ether oxygens (including phenoxy) is 1. The second-order valence-corrected chi connectivity index (χ2v) is 7.67. The van der Waals surface area contributed by atoms with Crippen molar-refractivity contribution in [2.45, 2.75) is 71.3 Å². The molecule has 0 aromatic carbocycles. The summed E-state index contributed by atoms with van der Waals surface area (Å²) in [5.41, 5.74) is 0. The summed E-state index contributed by atoms with van der Waals surface area (Å²) < 4.78 is 4.67. The van der Waals surface area contributed by atoms with E-state index < -0.39 is 12.1 Å². The standard InChI is InChI=1S/C25H36O5/c1-3-4-5-8-13-22(27)15-11-12-21-17-18-25(29)24(21)16-10-7-6-9-14-23(28)19-30-20(2)26/h7-8,10-13,17-18,21-22,24,27H,3-6,9,14-16,19H2,1-2H3/b10-7-,12-11+,13-8?/t21-,22?,24+/m0/s1. The average molecular weight is 417 g/mol. The largest absolute Gasteiger partial charge is 0.458 e. The predicted molar refractivity (Wildman–Crippen MR) is 119 cm³/mol. The van der Waals surface area contributed by atoms with E-state index in [0.29, 0.717) is 25.7 Å². The molecule has 0 amide bonds. The van der Waals surface area contributed by atoms with Crippen LogP contribution in [-0.2, 0) is 19.1 Å². The highest BCUT2D eigenvalue weighted by atomic mass is 16.5. The van der Waals surface area contributed by atoms with Crippen molar-refractivity contribution in [3.05, 3.63) is 48.6 Å². The van der Waals surface area contributed by atoms with Crippen LogP contribution >= 0.6 is 0 Å². The molecule has 5 nitrogen and oxygen atoms in total. The van der Waals surface area contributed by atoms with E-state index in [1.165, 1.54) is 6.92 Å². The first-order valence-corrected chi connectivity index (χ1v) is 11.0. The van der Waals surface area contributed by atoms with Crippen molar-refractivity contribution in [2.75, 3.05) is 6.61 Å². The first-order chi connectivity index (χ1) is 14.4. The lowest BCUT2D eigenvalue weighted by Gasteiger charge is -2.12. The van der Waals surface area contributed by atoms with Gasteiger partial charge in [0.2, 0.25) is 0 Å². The van der Waals surface area contributed by atoms with Gasteiger partial charge in [-0.25, -0.2) is 0 Å². The summed E-state index contributed by atoms with van der Waals surface area (Å²) in [6.45, 7) is 3.27. The molecule has 0 aromatic rings. The lowest BCUT2D eigenvalue weighted by molar-refractivity contribution is -0.145. The monoisotopic (exact) mass is 416 g/mol. The highest BCUT2D eigenvalue weighted by Crippen LogP contribution is 2.27. The molecule has 0 heterocycles. The third-order valence-corrected chi connectivity index (χ3v) is 4.95. The third kappa shape index (κ3) is 11.7. The van der Waals surface area contributed by atoms with Gasteiger partial charge in [-0.2, -0.15) is 0 Å². The molecule has 1 N–H and O–H groups in total. The molecule has 0 aliphatic heterocycles. The number of esters is 1. The summed E-state index contributed by atoms with van der Waals surface area (Å²) in [5, 5.41) is 9.98. The van der Waals surface area contributed by atoms with Gasteiger partial charge in [-0.05, 0) is 38.2 Å². The molecule has 1 rings (SSSR count). The molecule has 1 unspecified atom stereocenters. The van der Waals surface area contributed by atoms with Gasteiger partial charge >= 0.3 is 5.97 Å². The van der Waals surface area contributed by atoms with Gasteiger partial charge in [0.25, 0.3) is 0 Å². The first-order valence-electron chi connectivity index (χ1n) is 11.0. The highest BCUT2D eigenvalue weighted by molar-refractivity contribution is 5.95. The smallest absolute Gasteiger partial charge is 0.303 e. The molecule has 5 heteroatoms. The number of allylic oxidation sites excluding steroid dienone is 6. The zero-order valence-electron chi connectivity index (χ0n) is 18.3. The van der Waals surface area contributed by atoms with Crippen LogP contribution in [0.3, 0.4) is 0 Å². The molecule has 0 aromatic heterocycles. The van der Waals surface area contributed by atoms with Crippen molar-refractivity contribution < 1.29 is 24.2 Å². The number of hydrogen-bond acceptors (Lipinski definition) is 5. The maximum absolute atomic E-state index is 12.1. The molecule has 0 fully saturated rings. The van der Waals surface area contributed by atoms with Crippen LogP contribution in [0.2, 0.25) is 0 Å². The maximum Gasteiger partial charge on any atom is 0.303 e. The number of hydrogen-bond donors (Lipinski definition) is 1. The van der Waals surface area contributed by atoms with Crippen molar-refractivity contribution in [1.82, 2.24) is 0 Å². The van der Waals surface area contributed by atoms with Crippen LogP contribution in [0.25, 0.3) is 0 Å². The second kappa shape index (κ2) is 15.6. The van der Waals surface area contributed by atoms with Gasteiger partial charge < -0.3 is 9.84 Å². The molecule has 1 aliphatic rings. The van der Waals surface area contributed by atoms with Crippen LogP contribution in [0.15, 0.2) is 48.6 Å². The van der Waals surface area contributed by atoms with Crippen LogP contribution in [0, 0.1) is 11.8 Å². The number of carbonyl (C=O) groups is 3. The normalized spacial score (nSPS) is 20.0. The summed E-state index contributed by atoms with van der Waals surface area (Å²) in [5.74, 6) is -0.434. The summed E-state index contributed by atoms with van der Waals surface area (Å²) in [4.78, 5) is 34.3. The fourth-order valence-corrected chi connectivity index (χ4v) is 3.19. The van der Waals surface area contributed by atoms with Crippen molar-refractivity contribution in [3.8, 4) is 0 Å².